The first-order valence-corrected chi connectivity index (χ1v) is 6.10. The Morgan fingerprint density at radius 2 is 1.80 bits per heavy atom. The van der Waals surface area contributed by atoms with Crippen LogP contribution in [0.5, 0.6) is 0 Å². The molecule has 2 nitrogen and oxygen atoms in total. The van der Waals surface area contributed by atoms with E-state index in [1.165, 1.54) is 0 Å². The zero-order valence-electron chi connectivity index (χ0n) is 8.26. The topological polar surface area (TPSA) is 49.1 Å². The van der Waals surface area contributed by atoms with Crippen LogP contribution in [0.25, 0.3) is 0 Å². The van der Waals surface area contributed by atoms with Gasteiger partial charge in [-0.2, -0.15) is 0 Å². The smallest absolute Gasteiger partial charge is 0.126 e. The summed E-state index contributed by atoms with van der Waals surface area (Å²) >= 11 is 0. The second kappa shape index (κ2) is 4.43. The molecule has 3 heteroatoms. The van der Waals surface area contributed by atoms with E-state index in [4.69, 9.17) is 5.73 Å². The Kier molecular flexibility index (Phi) is 3.00. The van der Waals surface area contributed by atoms with Crippen LogP contribution in [-0.4, -0.2) is 0 Å². The van der Waals surface area contributed by atoms with Crippen LogP contribution in [0.1, 0.15) is 10.9 Å². The monoisotopic (exact) mass is 217 g/mol. The molecule has 0 aliphatic rings. The molecule has 1 aromatic heterocycles. The van der Waals surface area contributed by atoms with Crippen LogP contribution in [0, 0.1) is 0 Å². The lowest BCUT2D eigenvalue weighted by Crippen LogP contribution is -1.93. The van der Waals surface area contributed by atoms with E-state index in [2.05, 4.69) is 0 Å². The molecule has 2 aromatic rings. The number of rotatable bonds is 2. The van der Waals surface area contributed by atoms with Crippen molar-refractivity contribution in [3.63, 3.8) is 0 Å². The van der Waals surface area contributed by atoms with Gasteiger partial charge in [0.05, 0.1) is 7.76 Å². The van der Waals surface area contributed by atoms with Crippen molar-refractivity contribution in [2.24, 2.45) is 0 Å². The molecule has 2 rings (SSSR count). The highest BCUT2D eigenvalue weighted by Crippen LogP contribution is 2.25. The molecule has 1 aromatic carbocycles. The second-order valence-electron chi connectivity index (χ2n) is 3.44. The molecule has 0 radical (unpaired) electrons. The van der Waals surface area contributed by atoms with E-state index in [1.807, 2.05) is 42.5 Å². The zero-order valence-corrected chi connectivity index (χ0v) is 9.15. The minimum absolute atomic E-state index is 0.732. The summed E-state index contributed by atoms with van der Waals surface area (Å²) in [6.07, 6.45) is 0.732. The van der Waals surface area contributed by atoms with Crippen LogP contribution >= 0.6 is 7.76 Å². The molecular weight excluding hydrogens is 205 g/mol. The van der Waals surface area contributed by atoms with Gasteiger partial charge in [0.2, 0.25) is 0 Å². The van der Waals surface area contributed by atoms with Crippen LogP contribution in [0.4, 0.5) is 5.69 Å². The Bertz CT molecular complexity index is 453. The highest BCUT2D eigenvalue weighted by atomic mass is 31.1. The summed E-state index contributed by atoms with van der Waals surface area (Å²) in [7, 11) is -1.32. The Labute approximate surface area is 90.2 Å². The number of nitrogen functional groups attached to an aromatic ring is 1. The van der Waals surface area contributed by atoms with E-state index in [0.717, 1.165) is 23.0 Å². The van der Waals surface area contributed by atoms with E-state index in [9.17, 15) is 4.89 Å². The maximum atomic E-state index is 11.6. The van der Waals surface area contributed by atoms with Gasteiger partial charge in [0.25, 0.3) is 0 Å². The summed E-state index contributed by atoms with van der Waals surface area (Å²) in [6, 6.07) is 13.3. The Balaban J connectivity index is 2.22. The summed E-state index contributed by atoms with van der Waals surface area (Å²) in [5.41, 5.74) is 7.50. The predicted octanol–water partition coefficient (Wildman–Crippen LogP) is 2.25. The van der Waals surface area contributed by atoms with Gasteiger partial charge in [-0.1, -0.05) is 18.2 Å². The third-order valence-corrected chi connectivity index (χ3v) is 3.59. The molecule has 15 heavy (non-hydrogen) atoms. The Morgan fingerprint density at radius 3 is 2.47 bits per heavy atom. The summed E-state index contributed by atoms with van der Waals surface area (Å²) in [4.78, 5) is 11.6. The molecular formula is C12H12NOP. The van der Waals surface area contributed by atoms with Gasteiger partial charge in [0, 0.05) is 12.1 Å². The molecule has 2 N–H and O–H groups in total. The first-order chi connectivity index (χ1) is 7.25. The fourth-order valence-corrected chi connectivity index (χ4v) is 2.46. The lowest BCUT2D eigenvalue weighted by Gasteiger charge is -2.02. The van der Waals surface area contributed by atoms with Crippen molar-refractivity contribution in [3.05, 3.63) is 59.1 Å². The second-order valence-corrected chi connectivity index (χ2v) is 4.96. The van der Waals surface area contributed by atoms with Gasteiger partial charge in [-0.05, 0) is 29.8 Å². The molecule has 76 valence electrons. The third kappa shape index (κ3) is 2.56. The van der Waals surface area contributed by atoms with Crippen LogP contribution < -0.4 is 10.6 Å². The van der Waals surface area contributed by atoms with Crippen molar-refractivity contribution < 1.29 is 4.89 Å². The number of anilines is 1. The van der Waals surface area contributed by atoms with E-state index in [-0.39, 0.29) is 0 Å². The fourth-order valence-electron chi connectivity index (χ4n) is 1.45. The van der Waals surface area contributed by atoms with E-state index in [1.54, 1.807) is 5.80 Å². The molecule has 0 amide bonds. The van der Waals surface area contributed by atoms with Gasteiger partial charge in [-0.25, -0.2) is 0 Å². The molecule has 0 saturated carbocycles. The van der Waals surface area contributed by atoms with Gasteiger partial charge >= 0.3 is 0 Å². The van der Waals surface area contributed by atoms with Crippen molar-refractivity contribution in [2.75, 3.05) is 5.73 Å². The quantitative estimate of drug-likeness (QED) is 0.784. The van der Waals surface area contributed by atoms with Gasteiger partial charge in [-0.3, -0.25) is 0 Å². The molecule has 0 spiro atoms. The van der Waals surface area contributed by atoms with Crippen molar-refractivity contribution in [3.8, 4) is 0 Å². The van der Waals surface area contributed by atoms with Gasteiger partial charge < -0.3 is 10.6 Å². The number of hydrogen-bond acceptors (Lipinski definition) is 2. The first-order valence-electron chi connectivity index (χ1n) is 4.77. The maximum absolute atomic E-state index is 11.6. The summed E-state index contributed by atoms with van der Waals surface area (Å²) in [5.74, 6) is 1.74. The predicted molar refractivity (Wildman–Crippen MR) is 62.6 cm³/mol. The van der Waals surface area contributed by atoms with Crippen molar-refractivity contribution in [1.29, 1.82) is 0 Å². The zero-order chi connectivity index (χ0) is 10.7. The SMILES string of the molecule is Nc1ccc(Cc2cccc[p+]2[O-])cc1. The molecule has 0 bridgehead atoms. The molecule has 0 saturated heterocycles. The van der Waals surface area contributed by atoms with Crippen LogP contribution in [-0.2, 0) is 6.42 Å². The van der Waals surface area contributed by atoms with E-state index in [0.29, 0.717) is 0 Å². The largest absolute Gasteiger partial charge is 0.626 e. The molecule has 0 fully saturated rings. The maximum Gasteiger partial charge on any atom is 0.126 e. The molecule has 1 heterocycles. The summed E-state index contributed by atoms with van der Waals surface area (Å²) in [5, 5.41) is 0.970. The Morgan fingerprint density at radius 1 is 1.07 bits per heavy atom. The number of benzene rings is 1. The average Bonchev–Trinajstić information content (AvgIpc) is 2.25. The van der Waals surface area contributed by atoms with E-state index < -0.39 is 7.76 Å². The minimum atomic E-state index is -1.32. The normalized spacial score (nSPS) is 11.4. The van der Waals surface area contributed by atoms with Gasteiger partial charge in [-0.15, -0.1) is 0 Å². The van der Waals surface area contributed by atoms with Crippen molar-refractivity contribution in [1.82, 2.24) is 0 Å². The minimum Gasteiger partial charge on any atom is -0.626 e. The van der Waals surface area contributed by atoms with Gasteiger partial charge in [0.15, 0.2) is 0 Å². The standard InChI is InChI=1S/C12H12NOP/c13-11-6-4-10(5-7-11)9-12-3-1-2-8-15(12)14/h1-8H,9,13H2. The molecule has 1 atom stereocenters. The summed E-state index contributed by atoms with van der Waals surface area (Å²) < 4.78 is 0. The first kappa shape index (κ1) is 10.2. The lowest BCUT2D eigenvalue weighted by atomic mass is 10.1. The van der Waals surface area contributed by atoms with Gasteiger partial charge in [0.1, 0.15) is 11.1 Å². The van der Waals surface area contributed by atoms with Crippen LogP contribution in [0.3, 0.4) is 0 Å². The third-order valence-electron chi connectivity index (χ3n) is 2.27. The summed E-state index contributed by atoms with van der Waals surface area (Å²) in [6.45, 7) is 0. The molecule has 1 unspecified atom stereocenters. The van der Waals surface area contributed by atoms with E-state index >= 15 is 0 Å². The number of nitrogens with two attached hydrogens (primary N) is 1. The lowest BCUT2D eigenvalue weighted by molar-refractivity contribution is -0.150. The molecule has 0 aliphatic carbocycles. The highest BCUT2D eigenvalue weighted by molar-refractivity contribution is 7.42. The average molecular weight is 217 g/mol. The Hall–Kier alpha value is -1.37. The molecule has 0 aliphatic heterocycles. The fraction of sp³-hybridized carbons (Fsp3) is 0.0833. The van der Waals surface area contributed by atoms with Crippen LogP contribution in [0.15, 0.2) is 48.3 Å². The number of hydrogen-bond donors (Lipinski definition) is 1. The van der Waals surface area contributed by atoms with Crippen molar-refractivity contribution >= 4 is 13.4 Å². The van der Waals surface area contributed by atoms with Crippen LogP contribution in [0.2, 0.25) is 0 Å². The van der Waals surface area contributed by atoms with Crippen molar-refractivity contribution in [2.45, 2.75) is 6.42 Å². The highest BCUT2D eigenvalue weighted by Gasteiger charge is 2.04.